The van der Waals surface area contributed by atoms with Gasteiger partial charge in [-0.2, -0.15) is 0 Å². The van der Waals surface area contributed by atoms with Gasteiger partial charge in [0.1, 0.15) is 0 Å². The first-order chi connectivity index (χ1) is 10.5. The molecule has 0 heterocycles. The van der Waals surface area contributed by atoms with Crippen LogP contribution in [0.4, 0.5) is 4.79 Å². The molecule has 2 amide bonds. The molecule has 0 spiro atoms. The molecule has 2 aromatic rings. The molecule has 4 N–H and O–H groups in total. The van der Waals surface area contributed by atoms with Gasteiger partial charge >= 0.3 is 6.09 Å². The minimum atomic E-state index is -1.90. The van der Waals surface area contributed by atoms with Crippen molar-refractivity contribution in [1.29, 1.82) is 0 Å². The molecular formula is C16H17ClN2O4. The van der Waals surface area contributed by atoms with Crippen LogP contribution in [-0.4, -0.2) is 28.9 Å². The Morgan fingerprint density at radius 3 is 1.70 bits per heavy atom. The first-order valence-corrected chi connectivity index (χ1v) is 6.63. The van der Waals surface area contributed by atoms with Crippen LogP contribution in [0.1, 0.15) is 11.1 Å². The van der Waals surface area contributed by atoms with Crippen molar-refractivity contribution in [3.63, 3.8) is 0 Å². The highest BCUT2D eigenvalue weighted by Gasteiger charge is 2.39. The number of benzene rings is 2. The van der Waals surface area contributed by atoms with Crippen molar-refractivity contribution in [3.05, 3.63) is 71.8 Å². The zero-order valence-electron chi connectivity index (χ0n) is 12.1. The largest absolute Gasteiger partial charge is 0.465 e. The number of nitrogens with one attached hydrogen (secondary N) is 2. The Bertz CT molecular complexity index is 610. The number of rotatable bonds is 5. The van der Waals surface area contributed by atoms with Gasteiger partial charge in [-0.1, -0.05) is 60.7 Å². The SMILES string of the molecule is Cl.O=C(O)NCNC(=O)C(O)(c1ccccc1)c1ccccc1. The fourth-order valence-electron chi connectivity index (χ4n) is 2.12. The van der Waals surface area contributed by atoms with E-state index in [0.717, 1.165) is 0 Å². The normalized spacial score (nSPS) is 10.3. The lowest BCUT2D eigenvalue weighted by Crippen LogP contribution is -2.48. The van der Waals surface area contributed by atoms with Crippen molar-refractivity contribution in [2.45, 2.75) is 5.60 Å². The third kappa shape index (κ3) is 4.21. The maximum Gasteiger partial charge on any atom is 0.406 e. The van der Waals surface area contributed by atoms with Crippen LogP contribution in [0.15, 0.2) is 60.7 Å². The monoisotopic (exact) mass is 336 g/mol. The highest BCUT2D eigenvalue weighted by atomic mass is 35.5. The molecular weight excluding hydrogens is 320 g/mol. The van der Waals surface area contributed by atoms with Crippen molar-refractivity contribution in [1.82, 2.24) is 10.6 Å². The zero-order chi connectivity index (χ0) is 16.0. The molecule has 0 fully saturated rings. The predicted molar refractivity (Wildman–Crippen MR) is 87.3 cm³/mol. The molecule has 23 heavy (non-hydrogen) atoms. The van der Waals surface area contributed by atoms with Gasteiger partial charge in [0.15, 0.2) is 5.60 Å². The van der Waals surface area contributed by atoms with Gasteiger partial charge in [0, 0.05) is 0 Å². The highest BCUT2D eigenvalue weighted by Crippen LogP contribution is 2.29. The Morgan fingerprint density at radius 2 is 1.30 bits per heavy atom. The summed E-state index contributed by atoms with van der Waals surface area (Å²) in [6.07, 6.45) is -1.26. The molecule has 0 atom stereocenters. The second-order valence-electron chi connectivity index (χ2n) is 4.61. The van der Waals surface area contributed by atoms with Gasteiger partial charge in [-0.3, -0.25) is 4.79 Å². The third-order valence-electron chi connectivity index (χ3n) is 3.20. The molecule has 6 nitrogen and oxygen atoms in total. The summed E-state index contributed by atoms with van der Waals surface area (Å²) < 4.78 is 0. The number of aliphatic hydroxyl groups is 1. The number of hydrogen-bond acceptors (Lipinski definition) is 3. The quantitative estimate of drug-likeness (QED) is 0.624. The Kier molecular flexibility index (Phi) is 6.56. The minimum absolute atomic E-state index is 0. The van der Waals surface area contributed by atoms with E-state index < -0.39 is 17.6 Å². The van der Waals surface area contributed by atoms with Crippen LogP contribution < -0.4 is 10.6 Å². The summed E-state index contributed by atoms with van der Waals surface area (Å²) in [4.78, 5) is 22.9. The van der Waals surface area contributed by atoms with Gasteiger partial charge in [-0.15, -0.1) is 12.4 Å². The lowest BCUT2D eigenvalue weighted by atomic mass is 9.85. The summed E-state index contributed by atoms with van der Waals surface area (Å²) in [5.74, 6) is -0.710. The standard InChI is InChI=1S/C16H16N2O4.ClH/c19-14(17-11-18-15(20)21)16(22,12-7-3-1-4-8-12)13-9-5-2-6-10-13;/h1-10,18,22H,11H2,(H,17,19)(H,20,21);1H. The van der Waals surface area contributed by atoms with Crippen molar-refractivity contribution >= 4 is 24.4 Å². The molecule has 0 saturated heterocycles. The first-order valence-electron chi connectivity index (χ1n) is 6.63. The second kappa shape index (κ2) is 8.17. The lowest BCUT2D eigenvalue weighted by molar-refractivity contribution is -0.136. The Morgan fingerprint density at radius 1 is 0.870 bits per heavy atom. The van der Waals surface area contributed by atoms with E-state index in [1.165, 1.54) is 0 Å². The van der Waals surface area contributed by atoms with Gasteiger partial charge in [0.05, 0.1) is 6.67 Å². The lowest BCUT2D eigenvalue weighted by Gasteiger charge is -2.28. The third-order valence-corrected chi connectivity index (χ3v) is 3.20. The van der Waals surface area contributed by atoms with Crippen LogP contribution in [0.2, 0.25) is 0 Å². The Balaban J connectivity index is 0.00000264. The van der Waals surface area contributed by atoms with Gasteiger partial charge < -0.3 is 20.8 Å². The summed E-state index contributed by atoms with van der Waals surface area (Å²) >= 11 is 0. The smallest absolute Gasteiger partial charge is 0.406 e. The molecule has 2 rings (SSSR count). The molecule has 0 radical (unpaired) electrons. The highest BCUT2D eigenvalue weighted by molar-refractivity contribution is 5.90. The summed E-state index contributed by atoms with van der Waals surface area (Å²) in [5.41, 5.74) is -1.11. The van der Waals surface area contributed by atoms with E-state index in [9.17, 15) is 14.7 Å². The van der Waals surface area contributed by atoms with Crippen molar-refractivity contribution < 1.29 is 19.8 Å². The second-order valence-corrected chi connectivity index (χ2v) is 4.61. The van der Waals surface area contributed by atoms with Crippen LogP contribution in [0.3, 0.4) is 0 Å². The van der Waals surface area contributed by atoms with Crippen molar-refractivity contribution in [3.8, 4) is 0 Å². The number of carbonyl (C=O) groups is 2. The summed E-state index contributed by atoms with van der Waals surface area (Å²) in [7, 11) is 0. The zero-order valence-corrected chi connectivity index (χ0v) is 12.9. The summed E-state index contributed by atoms with van der Waals surface area (Å²) in [6.45, 7) is -0.295. The van der Waals surface area contributed by atoms with E-state index >= 15 is 0 Å². The molecule has 0 bridgehead atoms. The van der Waals surface area contributed by atoms with Crippen molar-refractivity contribution in [2.75, 3.05) is 6.67 Å². The minimum Gasteiger partial charge on any atom is -0.465 e. The molecule has 7 heteroatoms. The maximum atomic E-state index is 12.5. The number of halogens is 1. The average Bonchev–Trinajstić information content (AvgIpc) is 2.55. The van der Waals surface area contributed by atoms with Gasteiger partial charge in [0.2, 0.25) is 0 Å². The van der Waals surface area contributed by atoms with E-state index in [2.05, 4.69) is 5.32 Å². The van der Waals surface area contributed by atoms with E-state index in [1.54, 1.807) is 60.7 Å². The van der Waals surface area contributed by atoms with E-state index in [4.69, 9.17) is 5.11 Å². The Labute approximate surface area is 139 Å². The van der Waals surface area contributed by atoms with Crippen LogP contribution in [0, 0.1) is 0 Å². The van der Waals surface area contributed by atoms with Gasteiger partial charge in [-0.05, 0) is 11.1 Å². The van der Waals surface area contributed by atoms with Crippen LogP contribution in [-0.2, 0) is 10.4 Å². The van der Waals surface area contributed by atoms with Gasteiger partial charge in [-0.25, -0.2) is 4.79 Å². The number of carbonyl (C=O) groups excluding carboxylic acids is 1. The van der Waals surface area contributed by atoms with E-state index in [-0.39, 0.29) is 19.1 Å². The molecule has 0 aromatic heterocycles. The molecule has 2 aromatic carbocycles. The molecule has 0 aliphatic rings. The van der Waals surface area contributed by atoms with Crippen LogP contribution in [0.5, 0.6) is 0 Å². The number of hydrogen-bond donors (Lipinski definition) is 4. The van der Waals surface area contributed by atoms with E-state index in [0.29, 0.717) is 11.1 Å². The number of amides is 2. The fraction of sp³-hybridized carbons (Fsp3) is 0.125. The maximum absolute atomic E-state index is 12.5. The topological polar surface area (TPSA) is 98.7 Å². The fourth-order valence-corrected chi connectivity index (χ4v) is 2.12. The summed E-state index contributed by atoms with van der Waals surface area (Å²) in [6, 6.07) is 17.0. The Hall–Kier alpha value is -2.57. The van der Waals surface area contributed by atoms with Crippen molar-refractivity contribution in [2.24, 2.45) is 0 Å². The molecule has 0 aliphatic heterocycles. The average molecular weight is 337 g/mol. The predicted octanol–water partition coefficient (Wildman–Crippen LogP) is 1.69. The number of carboxylic acid groups (broad SMARTS) is 1. The van der Waals surface area contributed by atoms with Crippen LogP contribution in [0.25, 0.3) is 0 Å². The summed E-state index contributed by atoms with van der Waals surface area (Å²) in [5, 5.41) is 23.9. The first kappa shape index (κ1) is 18.5. The van der Waals surface area contributed by atoms with Crippen LogP contribution >= 0.6 is 12.4 Å². The molecule has 0 unspecified atom stereocenters. The van der Waals surface area contributed by atoms with E-state index in [1.807, 2.05) is 5.32 Å². The van der Waals surface area contributed by atoms with Gasteiger partial charge in [0.25, 0.3) is 5.91 Å². The molecule has 122 valence electrons. The molecule has 0 saturated carbocycles. The molecule has 0 aliphatic carbocycles.